The lowest BCUT2D eigenvalue weighted by atomic mass is 10.5. The van der Waals surface area contributed by atoms with E-state index in [4.69, 9.17) is 8.83 Å². The largest absolute Gasteiger partial charge is 0.474 e. The van der Waals surface area contributed by atoms with Crippen molar-refractivity contribution in [3.8, 4) is 0 Å². The highest BCUT2D eigenvalue weighted by atomic mass is 28.3. The summed E-state index contributed by atoms with van der Waals surface area (Å²) in [7, 11) is -1.93. The molecule has 0 aliphatic rings. The fourth-order valence-corrected chi connectivity index (χ4v) is 8.08. The van der Waals surface area contributed by atoms with Crippen LogP contribution >= 0.6 is 0 Å². The molecule has 2 heterocycles. The summed E-state index contributed by atoms with van der Waals surface area (Å²) in [4.78, 5) is 0. The van der Waals surface area contributed by atoms with Crippen molar-refractivity contribution in [1.82, 2.24) is 0 Å². The van der Waals surface area contributed by atoms with Crippen LogP contribution in [-0.4, -0.2) is 8.07 Å². The van der Waals surface area contributed by atoms with E-state index in [2.05, 4.69) is 39.8 Å². The molecule has 0 atom stereocenters. The quantitative estimate of drug-likeness (QED) is 0.776. The second-order valence-electron chi connectivity index (χ2n) is 5.13. The van der Waals surface area contributed by atoms with Crippen LogP contribution in [0.25, 0.3) is 0 Å². The van der Waals surface area contributed by atoms with Crippen molar-refractivity contribution in [2.75, 3.05) is 0 Å². The predicted octanol–water partition coefficient (Wildman–Crippen LogP) is 3.26. The van der Waals surface area contributed by atoms with E-state index in [0.717, 1.165) is 10.8 Å². The summed E-state index contributed by atoms with van der Waals surface area (Å²) in [6.07, 6.45) is 3.54. The van der Waals surface area contributed by atoms with E-state index >= 15 is 0 Å². The Balaban J connectivity index is 2.64. The zero-order valence-electron chi connectivity index (χ0n) is 10.9. The van der Waals surface area contributed by atoms with Crippen molar-refractivity contribution in [3.63, 3.8) is 0 Å². The smallest absolute Gasteiger partial charge is 0.211 e. The summed E-state index contributed by atoms with van der Waals surface area (Å²) < 4.78 is 11.5. The first-order valence-corrected chi connectivity index (χ1v) is 8.33. The molecule has 2 rings (SSSR count). The van der Waals surface area contributed by atoms with Crippen LogP contribution in [0.4, 0.5) is 0 Å². The molecular formula is C14H20O2Si. The molecule has 0 spiro atoms. The van der Waals surface area contributed by atoms with Gasteiger partial charge in [-0.1, -0.05) is 27.7 Å². The lowest BCUT2D eigenvalue weighted by molar-refractivity contribution is 0.575. The Labute approximate surface area is 104 Å². The molecular weight excluding hydrogens is 228 g/mol. The minimum absolute atomic E-state index is 0.541. The van der Waals surface area contributed by atoms with Crippen LogP contribution in [0.1, 0.15) is 27.7 Å². The molecule has 2 aromatic rings. The zero-order chi connectivity index (χ0) is 12.5. The van der Waals surface area contributed by atoms with E-state index in [1.807, 2.05) is 12.1 Å². The van der Waals surface area contributed by atoms with Crippen LogP contribution in [0.5, 0.6) is 0 Å². The Morgan fingerprint density at radius 2 is 1.24 bits per heavy atom. The summed E-state index contributed by atoms with van der Waals surface area (Å²) in [5, 5.41) is 2.25. The fraction of sp³-hybridized carbons (Fsp3) is 0.429. The van der Waals surface area contributed by atoms with Gasteiger partial charge in [-0.25, -0.2) is 0 Å². The monoisotopic (exact) mass is 248 g/mol. The van der Waals surface area contributed by atoms with Gasteiger partial charge in [0.25, 0.3) is 0 Å². The molecule has 92 valence electrons. The average Bonchev–Trinajstić information content (AvgIpc) is 2.88. The van der Waals surface area contributed by atoms with Crippen LogP contribution in [0.2, 0.25) is 11.1 Å². The normalized spacial score (nSPS) is 12.6. The molecule has 3 heteroatoms. The first kappa shape index (κ1) is 12.2. The van der Waals surface area contributed by atoms with Crippen LogP contribution in [0, 0.1) is 0 Å². The highest BCUT2D eigenvalue weighted by Crippen LogP contribution is 2.32. The van der Waals surface area contributed by atoms with Gasteiger partial charge >= 0.3 is 0 Å². The van der Waals surface area contributed by atoms with Crippen molar-refractivity contribution in [2.45, 2.75) is 38.8 Å². The summed E-state index contributed by atoms with van der Waals surface area (Å²) in [6.45, 7) is 9.10. The van der Waals surface area contributed by atoms with Crippen LogP contribution in [0.15, 0.2) is 45.6 Å². The van der Waals surface area contributed by atoms with Gasteiger partial charge in [0, 0.05) is 0 Å². The number of furan rings is 2. The third-order valence-electron chi connectivity index (χ3n) is 3.68. The van der Waals surface area contributed by atoms with Gasteiger partial charge in [0.2, 0.25) is 8.07 Å². The standard InChI is InChI=1S/C14H20O2Si/c1-11(2)17(12(3)4,13-7-5-9-15-13)14-8-6-10-16-14/h5-12H,1-4H3. The highest BCUT2D eigenvalue weighted by Gasteiger charge is 2.48. The fourth-order valence-electron chi connectivity index (χ4n) is 2.95. The van der Waals surface area contributed by atoms with Gasteiger partial charge < -0.3 is 8.83 Å². The van der Waals surface area contributed by atoms with Crippen LogP contribution < -0.4 is 10.8 Å². The average molecular weight is 248 g/mol. The topological polar surface area (TPSA) is 26.3 Å². The first-order chi connectivity index (χ1) is 8.10. The molecule has 0 saturated carbocycles. The maximum absolute atomic E-state index is 5.75. The minimum Gasteiger partial charge on any atom is -0.474 e. The van der Waals surface area contributed by atoms with E-state index < -0.39 is 8.07 Å². The number of rotatable bonds is 4. The Morgan fingerprint density at radius 3 is 1.47 bits per heavy atom. The van der Waals surface area contributed by atoms with E-state index in [-0.39, 0.29) is 0 Å². The van der Waals surface area contributed by atoms with Crippen molar-refractivity contribution >= 4 is 18.8 Å². The minimum atomic E-state index is -1.93. The predicted molar refractivity (Wildman–Crippen MR) is 72.6 cm³/mol. The summed E-state index contributed by atoms with van der Waals surface area (Å²) in [5.74, 6) is 0. The van der Waals surface area contributed by atoms with Crippen LogP contribution in [0.3, 0.4) is 0 Å². The molecule has 17 heavy (non-hydrogen) atoms. The maximum Gasteiger partial charge on any atom is 0.211 e. The van der Waals surface area contributed by atoms with E-state index in [1.165, 1.54) is 0 Å². The van der Waals surface area contributed by atoms with Crippen molar-refractivity contribution < 1.29 is 8.83 Å². The molecule has 0 aromatic carbocycles. The van der Waals surface area contributed by atoms with Gasteiger partial charge in [-0.15, -0.1) is 0 Å². The van der Waals surface area contributed by atoms with Gasteiger partial charge in [-0.3, -0.25) is 0 Å². The van der Waals surface area contributed by atoms with E-state index in [9.17, 15) is 0 Å². The zero-order valence-corrected chi connectivity index (χ0v) is 11.9. The Hall–Kier alpha value is -1.22. The van der Waals surface area contributed by atoms with Gasteiger partial charge in [-0.05, 0) is 35.3 Å². The third kappa shape index (κ3) is 1.78. The van der Waals surface area contributed by atoms with Crippen molar-refractivity contribution in [3.05, 3.63) is 36.8 Å². The SMILES string of the molecule is CC(C)[Si](c1ccco1)(c1ccco1)C(C)C. The highest BCUT2D eigenvalue weighted by molar-refractivity contribution is 7.02. The Morgan fingerprint density at radius 1 is 0.824 bits per heavy atom. The lowest BCUT2D eigenvalue weighted by Gasteiger charge is -2.34. The molecule has 2 aromatic heterocycles. The maximum atomic E-state index is 5.75. The van der Waals surface area contributed by atoms with Gasteiger partial charge in [0.15, 0.2) is 0 Å². The molecule has 0 unspecified atom stereocenters. The summed E-state index contributed by atoms with van der Waals surface area (Å²) in [5.41, 5.74) is 1.08. The van der Waals surface area contributed by atoms with Crippen molar-refractivity contribution in [1.29, 1.82) is 0 Å². The third-order valence-corrected chi connectivity index (χ3v) is 9.52. The van der Waals surface area contributed by atoms with Gasteiger partial charge in [0.05, 0.1) is 23.3 Å². The second kappa shape index (κ2) is 4.57. The molecule has 0 aliphatic carbocycles. The Kier molecular flexibility index (Phi) is 3.29. The molecule has 0 amide bonds. The molecule has 0 radical (unpaired) electrons. The van der Waals surface area contributed by atoms with Gasteiger partial charge in [0.1, 0.15) is 0 Å². The summed E-state index contributed by atoms with van der Waals surface area (Å²) >= 11 is 0. The van der Waals surface area contributed by atoms with E-state index in [0.29, 0.717) is 11.1 Å². The van der Waals surface area contributed by atoms with Crippen molar-refractivity contribution in [2.24, 2.45) is 0 Å². The number of hydrogen-bond acceptors (Lipinski definition) is 2. The molecule has 0 bridgehead atoms. The summed E-state index contributed by atoms with van der Waals surface area (Å²) in [6, 6.07) is 8.17. The second-order valence-corrected chi connectivity index (χ2v) is 10.2. The van der Waals surface area contributed by atoms with Crippen LogP contribution in [-0.2, 0) is 0 Å². The lowest BCUT2D eigenvalue weighted by Crippen LogP contribution is -2.61. The molecule has 0 N–H and O–H groups in total. The molecule has 0 fully saturated rings. The first-order valence-electron chi connectivity index (χ1n) is 6.18. The Bertz CT molecular complexity index is 396. The van der Waals surface area contributed by atoms with E-state index in [1.54, 1.807) is 12.5 Å². The molecule has 0 saturated heterocycles. The van der Waals surface area contributed by atoms with Gasteiger partial charge in [-0.2, -0.15) is 0 Å². The molecule has 0 aliphatic heterocycles. The number of hydrogen-bond donors (Lipinski definition) is 0. The molecule has 2 nitrogen and oxygen atoms in total.